The second kappa shape index (κ2) is 3.72. The molecular formula is C10H19O+. The van der Waals surface area contributed by atoms with Crippen molar-refractivity contribution in [2.75, 3.05) is 0 Å². The second-order valence-electron chi connectivity index (χ2n) is 3.07. The number of rotatable bonds is 2. The predicted octanol–water partition coefficient (Wildman–Crippen LogP) is 2.40. The van der Waals surface area contributed by atoms with E-state index in [1.54, 1.807) is 0 Å². The SMILES string of the molecule is C/C=C(\C)C(C)([OH2+])/C(C)=C/C. The van der Waals surface area contributed by atoms with Crippen molar-refractivity contribution in [3.8, 4) is 0 Å². The summed E-state index contributed by atoms with van der Waals surface area (Å²) in [5, 5.41) is 8.00. The molecule has 2 N–H and O–H groups in total. The summed E-state index contributed by atoms with van der Waals surface area (Å²) in [7, 11) is 0. The summed E-state index contributed by atoms with van der Waals surface area (Å²) in [6, 6.07) is 0. The summed E-state index contributed by atoms with van der Waals surface area (Å²) >= 11 is 0. The van der Waals surface area contributed by atoms with Gasteiger partial charge in [-0.25, -0.2) is 0 Å². The zero-order chi connectivity index (χ0) is 9.07. The Kier molecular flexibility index (Phi) is 3.53. The maximum atomic E-state index is 8.00. The van der Waals surface area contributed by atoms with Gasteiger partial charge in [-0.1, -0.05) is 12.2 Å². The first-order valence-corrected chi connectivity index (χ1v) is 3.98. The van der Waals surface area contributed by atoms with E-state index in [0.29, 0.717) is 0 Å². The topological polar surface area (TPSA) is 22.9 Å². The standard InChI is InChI=1S/C10H18O/c1-6-8(3)10(5,11)9(4)7-2/h6-7,11H,1-5H3/p+1/b8-6+,9-7+. The average Bonchev–Trinajstić information content (AvgIpc) is 2.01. The van der Waals surface area contributed by atoms with Crippen LogP contribution in [-0.2, 0) is 0 Å². The fraction of sp³-hybridized carbons (Fsp3) is 0.600. The van der Waals surface area contributed by atoms with Gasteiger partial charge >= 0.3 is 0 Å². The monoisotopic (exact) mass is 155 g/mol. The quantitative estimate of drug-likeness (QED) is 0.432. The molecule has 0 saturated carbocycles. The highest BCUT2D eigenvalue weighted by Gasteiger charge is 2.28. The highest BCUT2D eigenvalue weighted by atomic mass is 16.3. The third kappa shape index (κ3) is 2.19. The molecule has 0 aliphatic heterocycles. The Balaban J connectivity index is 4.73. The summed E-state index contributed by atoms with van der Waals surface area (Å²) < 4.78 is 0. The molecule has 0 saturated heterocycles. The smallest absolute Gasteiger partial charge is 0.204 e. The van der Waals surface area contributed by atoms with Gasteiger partial charge in [0, 0.05) is 18.1 Å². The normalized spacial score (nSPS) is 19.8. The third-order valence-electron chi connectivity index (χ3n) is 2.44. The van der Waals surface area contributed by atoms with E-state index in [-0.39, 0.29) is 0 Å². The van der Waals surface area contributed by atoms with Crippen LogP contribution in [0.4, 0.5) is 0 Å². The molecule has 0 aliphatic carbocycles. The van der Waals surface area contributed by atoms with Crippen LogP contribution in [0.15, 0.2) is 23.3 Å². The number of hydrogen-bond acceptors (Lipinski definition) is 0. The van der Waals surface area contributed by atoms with Gasteiger partial charge in [0.1, 0.15) is 0 Å². The van der Waals surface area contributed by atoms with Crippen LogP contribution in [0, 0.1) is 0 Å². The van der Waals surface area contributed by atoms with E-state index in [4.69, 9.17) is 5.11 Å². The van der Waals surface area contributed by atoms with Crippen LogP contribution in [0.25, 0.3) is 0 Å². The van der Waals surface area contributed by atoms with Crippen molar-refractivity contribution in [3.63, 3.8) is 0 Å². The molecule has 0 bridgehead atoms. The van der Waals surface area contributed by atoms with Gasteiger partial charge in [0.05, 0.1) is 0 Å². The third-order valence-corrected chi connectivity index (χ3v) is 2.44. The lowest BCUT2D eigenvalue weighted by atomic mass is 9.89. The van der Waals surface area contributed by atoms with Crippen molar-refractivity contribution in [2.45, 2.75) is 40.2 Å². The first-order chi connectivity index (χ1) is 4.96. The van der Waals surface area contributed by atoms with E-state index in [1.807, 2.05) is 46.8 Å². The molecular weight excluding hydrogens is 136 g/mol. The fourth-order valence-corrected chi connectivity index (χ4v) is 0.888. The Hall–Kier alpha value is -0.560. The van der Waals surface area contributed by atoms with Gasteiger partial charge in [-0.2, -0.15) is 0 Å². The van der Waals surface area contributed by atoms with Gasteiger partial charge in [0.2, 0.25) is 5.60 Å². The molecule has 0 radical (unpaired) electrons. The molecule has 0 amide bonds. The molecule has 0 aromatic rings. The summed E-state index contributed by atoms with van der Waals surface area (Å²) in [5.41, 5.74) is 1.70. The maximum Gasteiger partial charge on any atom is 0.204 e. The highest BCUT2D eigenvalue weighted by molar-refractivity contribution is 5.27. The van der Waals surface area contributed by atoms with Crippen LogP contribution in [0.3, 0.4) is 0 Å². The minimum absolute atomic E-state index is 0.510. The molecule has 0 aliphatic rings. The fourth-order valence-electron chi connectivity index (χ4n) is 0.888. The number of allylic oxidation sites excluding steroid dienone is 2. The van der Waals surface area contributed by atoms with Gasteiger partial charge in [-0.15, -0.1) is 0 Å². The van der Waals surface area contributed by atoms with Crippen LogP contribution in [0.1, 0.15) is 34.6 Å². The van der Waals surface area contributed by atoms with Gasteiger partial charge < -0.3 is 5.11 Å². The van der Waals surface area contributed by atoms with Gasteiger partial charge in [-0.05, 0) is 27.7 Å². The zero-order valence-corrected chi connectivity index (χ0v) is 8.15. The molecule has 64 valence electrons. The van der Waals surface area contributed by atoms with Crippen molar-refractivity contribution < 1.29 is 5.11 Å². The summed E-state index contributed by atoms with van der Waals surface area (Å²) in [5.74, 6) is 0. The molecule has 0 aromatic heterocycles. The van der Waals surface area contributed by atoms with Crippen molar-refractivity contribution >= 4 is 0 Å². The highest BCUT2D eigenvalue weighted by Crippen LogP contribution is 2.24. The first-order valence-electron chi connectivity index (χ1n) is 3.98. The maximum absolute atomic E-state index is 8.00. The lowest BCUT2D eigenvalue weighted by molar-refractivity contribution is 0.137. The lowest BCUT2D eigenvalue weighted by Gasteiger charge is -2.20. The van der Waals surface area contributed by atoms with E-state index in [2.05, 4.69) is 0 Å². The number of hydrogen-bond donors (Lipinski definition) is 0. The van der Waals surface area contributed by atoms with Crippen molar-refractivity contribution in [1.82, 2.24) is 0 Å². The van der Waals surface area contributed by atoms with Crippen molar-refractivity contribution in [3.05, 3.63) is 23.3 Å². The lowest BCUT2D eigenvalue weighted by Crippen LogP contribution is -2.26. The minimum Gasteiger partial charge on any atom is -0.435 e. The minimum atomic E-state index is -0.510. The molecule has 0 fully saturated rings. The molecule has 0 heterocycles. The largest absolute Gasteiger partial charge is 0.435 e. The van der Waals surface area contributed by atoms with Crippen LogP contribution >= 0.6 is 0 Å². The molecule has 1 heteroatoms. The molecule has 1 nitrogen and oxygen atoms in total. The Morgan fingerprint density at radius 1 is 1.09 bits per heavy atom. The first kappa shape index (κ1) is 10.4. The Bertz CT molecular complexity index is 165. The van der Waals surface area contributed by atoms with Crippen molar-refractivity contribution in [1.29, 1.82) is 0 Å². The van der Waals surface area contributed by atoms with Gasteiger partial charge in [0.25, 0.3) is 0 Å². The Morgan fingerprint density at radius 2 is 1.36 bits per heavy atom. The summed E-state index contributed by atoms with van der Waals surface area (Å²) in [4.78, 5) is 0. The van der Waals surface area contributed by atoms with E-state index < -0.39 is 5.60 Å². The molecule has 0 unspecified atom stereocenters. The summed E-state index contributed by atoms with van der Waals surface area (Å²) in [6.45, 7) is 9.88. The van der Waals surface area contributed by atoms with Crippen molar-refractivity contribution in [2.24, 2.45) is 0 Å². The zero-order valence-electron chi connectivity index (χ0n) is 8.15. The summed E-state index contributed by atoms with van der Waals surface area (Å²) in [6.07, 6.45) is 4.00. The van der Waals surface area contributed by atoms with Crippen LogP contribution in [-0.4, -0.2) is 10.7 Å². The second-order valence-corrected chi connectivity index (χ2v) is 3.07. The van der Waals surface area contributed by atoms with Crippen LogP contribution in [0.2, 0.25) is 0 Å². The molecule has 0 aromatic carbocycles. The predicted molar refractivity (Wildman–Crippen MR) is 50.9 cm³/mol. The molecule has 11 heavy (non-hydrogen) atoms. The van der Waals surface area contributed by atoms with E-state index in [1.165, 1.54) is 0 Å². The Morgan fingerprint density at radius 3 is 1.55 bits per heavy atom. The van der Waals surface area contributed by atoms with E-state index >= 15 is 0 Å². The van der Waals surface area contributed by atoms with E-state index in [9.17, 15) is 0 Å². The Labute approximate surface area is 69.4 Å². The molecule has 0 atom stereocenters. The van der Waals surface area contributed by atoms with Crippen LogP contribution in [0.5, 0.6) is 0 Å². The van der Waals surface area contributed by atoms with Gasteiger partial charge in [0.15, 0.2) is 0 Å². The average molecular weight is 155 g/mol. The van der Waals surface area contributed by atoms with E-state index in [0.717, 1.165) is 11.1 Å². The molecule has 0 spiro atoms. The van der Waals surface area contributed by atoms with Gasteiger partial charge in [-0.3, -0.25) is 0 Å². The van der Waals surface area contributed by atoms with Crippen LogP contribution < -0.4 is 0 Å². The molecule has 0 rings (SSSR count).